The fourth-order valence-corrected chi connectivity index (χ4v) is 4.02. The third-order valence-electron chi connectivity index (χ3n) is 5.81. The quantitative estimate of drug-likeness (QED) is 0.313. The van der Waals surface area contributed by atoms with Gasteiger partial charge in [-0.3, -0.25) is 19.2 Å². The van der Waals surface area contributed by atoms with E-state index in [0.717, 1.165) is 39.0 Å². The molecule has 12 heteroatoms. The molecule has 1 aliphatic heterocycles. The summed E-state index contributed by atoms with van der Waals surface area (Å²) in [4.78, 5) is 29.8. The Morgan fingerprint density at radius 3 is 2.77 bits per heavy atom. The van der Waals surface area contributed by atoms with E-state index in [1.165, 1.54) is 6.33 Å². The zero-order valence-electron chi connectivity index (χ0n) is 20.6. The van der Waals surface area contributed by atoms with Gasteiger partial charge in [0, 0.05) is 13.0 Å². The number of aromatic nitrogens is 4. The van der Waals surface area contributed by atoms with Crippen molar-refractivity contribution in [3.05, 3.63) is 12.2 Å². The van der Waals surface area contributed by atoms with Crippen LogP contribution in [0.1, 0.15) is 32.0 Å². The van der Waals surface area contributed by atoms with Gasteiger partial charge in [-0.2, -0.15) is 0 Å². The highest BCUT2D eigenvalue weighted by Gasteiger charge is 2.27. The van der Waals surface area contributed by atoms with Gasteiger partial charge in [0.2, 0.25) is 5.82 Å². The number of piperidine rings is 1. The number of rotatable bonds is 10. The summed E-state index contributed by atoms with van der Waals surface area (Å²) in [6.45, 7) is 4.49. The summed E-state index contributed by atoms with van der Waals surface area (Å²) in [6.07, 6.45) is 1.84. The molecule has 2 aromatic heterocycles. The number of ether oxygens (including phenoxy) is 1. The maximum Gasteiger partial charge on any atom is 0.252 e. The molecular weight excluding hydrogens is 452 g/mol. The van der Waals surface area contributed by atoms with Crippen LogP contribution in [-0.4, -0.2) is 105 Å². The van der Waals surface area contributed by atoms with Gasteiger partial charge in [-0.25, -0.2) is 15.0 Å². The van der Waals surface area contributed by atoms with E-state index in [-0.39, 0.29) is 18.4 Å². The van der Waals surface area contributed by atoms with Crippen molar-refractivity contribution >= 4 is 22.9 Å². The normalized spacial score (nSPS) is 16.7. The monoisotopic (exact) mass is 488 g/mol. The standard InChI is InChI=1S/C23H36N8O4/c1-4-25-23(34)20(17(33)12-32)35-15-31-13-26-19-21(24)27-18(28-22(19)31)7-5-6-16-8-10-30(11-9-16)14-29(2)3/h13,16-17,20,32-33H,4,6,8-12,14-15H2,1-3H3,(H,25,34)(H2,24,27,28)/t17?,20-/m0/s1. The van der Waals surface area contributed by atoms with Crippen molar-refractivity contribution in [3.8, 4) is 11.8 Å². The minimum atomic E-state index is -1.37. The molecule has 0 saturated carbocycles. The second-order valence-corrected chi connectivity index (χ2v) is 8.97. The van der Waals surface area contributed by atoms with Crippen molar-refractivity contribution in [2.75, 3.05) is 52.7 Å². The number of aliphatic hydroxyl groups is 2. The Balaban J connectivity index is 1.66. The maximum atomic E-state index is 12.2. The molecule has 1 fully saturated rings. The van der Waals surface area contributed by atoms with E-state index in [1.54, 1.807) is 11.5 Å². The Morgan fingerprint density at radius 1 is 1.37 bits per heavy atom. The molecule has 3 rings (SSSR count). The second kappa shape index (κ2) is 12.8. The Morgan fingerprint density at radius 2 is 2.11 bits per heavy atom. The van der Waals surface area contributed by atoms with Gasteiger partial charge in [0.1, 0.15) is 18.4 Å². The topological polar surface area (TPSA) is 155 Å². The lowest BCUT2D eigenvalue weighted by Crippen LogP contribution is -2.45. The van der Waals surface area contributed by atoms with Gasteiger partial charge >= 0.3 is 0 Å². The number of carbonyl (C=O) groups is 1. The van der Waals surface area contributed by atoms with Crippen molar-refractivity contribution < 1.29 is 19.7 Å². The number of aliphatic hydroxyl groups excluding tert-OH is 2. The summed E-state index contributed by atoms with van der Waals surface area (Å²) < 4.78 is 7.14. The van der Waals surface area contributed by atoms with Crippen molar-refractivity contribution in [2.24, 2.45) is 5.92 Å². The predicted octanol–water partition coefficient (Wildman–Crippen LogP) is -0.787. The molecule has 0 aliphatic carbocycles. The minimum Gasteiger partial charge on any atom is -0.394 e. The molecule has 2 atom stereocenters. The number of nitrogens with one attached hydrogen (secondary N) is 1. The smallest absolute Gasteiger partial charge is 0.252 e. The number of imidazole rings is 1. The first-order valence-corrected chi connectivity index (χ1v) is 11.8. The Bertz CT molecular complexity index is 1040. The molecule has 1 unspecified atom stereocenters. The average Bonchev–Trinajstić information content (AvgIpc) is 3.23. The third kappa shape index (κ3) is 7.33. The van der Waals surface area contributed by atoms with Crippen molar-refractivity contribution in [1.29, 1.82) is 0 Å². The molecule has 1 aliphatic rings. The number of likely N-dealkylation sites (N-methyl/N-ethyl adjacent to an activating group) is 1. The number of hydrogen-bond donors (Lipinski definition) is 4. The van der Waals surface area contributed by atoms with Gasteiger partial charge in [0.15, 0.2) is 17.6 Å². The number of likely N-dealkylation sites (tertiary alicyclic amines) is 1. The highest BCUT2D eigenvalue weighted by Crippen LogP contribution is 2.20. The molecule has 192 valence electrons. The molecule has 0 bridgehead atoms. The average molecular weight is 489 g/mol. The summed E-state index contributed by atoms with van der Waals surface area (Å²) in [5, 5.41) is 21.8. The minimum absolute atomic E-state index is 0.135. The summed E-state index contributed by atoms with van der Waals surface area (Å²) in [6, 6.07) is 0. The van der Waals surface area contributed by atoms with E-state index in [2.05, 4.69) is 56.0 Å². The van der Waals surface area contributed by atoms with Crippen LogP contribution in [0.4, 0.5) is 5.82 Å². The number of nitrogen functional groups attached to an aromatic ring is 1. The first kappa shape index (κ1) is 26.8. The van der Waals surface area contributed by atoms with Crippen LogP contribution in [0.2, 0.25) is 0 Å². The zero-order chi connectivity index (χ0) is 25.4. The van der Waals surface area contributed by atoms with Gasteiger partial charge in [-0.05, 0) is 58.8 Å². The Kier molecular flexibility index (Phi) is 9.76. The van der Waals surface area contributed by atoms with Gasteiger partial charge in [0.05, 0.1) is 19.6 Å². The molecule has 1 amide bonds. The highest BCUT2D eigenvalue weighted by molar-refractivity contribution is 5.82. The second-order valence-electron chi connectivity index (χ2n) is 8.97. The van der Waals surface area contributed by atoms with Gasteiger partial charge < -0.3 is 26.0 Å². The van der Waals surface area contributed by atoms with Crippen LogP contribution >= 0.6 is 0 Å². The molecule has 0 aromatic carbocycles. The van der Waals surface area contributed by atoms with E-state index < -0.39 is 24.7 Å². The van der Waals surface area contributed by atoms with E-state index in [4.69, 9.17) is 10.5 Å². The largest absolute Gasteiger partial charge is 0.394 e. The van der Waals surface area contributed by atoms with Crippen LogP contribution in [0, 0.1) is 17.8 Å². The number of carbonyl (C=O) groups excluding carboxylic acids is 1. The number of hydrogen-bond acceptors (Lipinski definition) is 10. The third-order valence-corrected chi connectivity index (χ3v) is 5.81. The van der Waals surface area contributed by atoms with Gasteiger partial charge in [-0.1, -0.05) is 5.92 Å². The van der Waals surface area contributed by atoms with Gasteiger partial charge in [0.25, 0.3) is 5.91 Å². The zero-order valence-corrected chi connectivity index (χ0v) is 20.6. The highest BCUT2D eigenvalue weighted by atomic mass is 16.5. The molecule has 3 heterocycles. The van der Waals surface area contributed by atoms with Crippen LogP contribution in [0.5, 0.6) is 0 Å². The number of anilines is 1. The number of nitrogens with two attached hydrogens (primary N) is 1. The van der Waals surface area contributed by atoms with Crippen LogP contribution in [0.3, 0.4) is 0 Å². The first-order chi connectivity index (χ1) is 16.8. The SMILES string of the molecule is CCNC(=O)[C@@H](OCn1cnc2c(N)nc(C#CCC3CCN(CN(C)C)CC3)nc21)C(O)CO. The van der Waals surface area contributed by atoms with Gasteiger partial charge in [-0.15, -0.1) is 0 Å². The van der Waals surface area contributed by atoms with E-state index in [0.29, 0.717) is 23.6 Å². The number of fused-ring (bicyclic) bond motifs is 1. The predicted molar refractivity (Wildman–Crippen MR) is 131 cm³/mol. The van der Waals surface area contributed by atoms with E-state index in [9.17, 15) is 15.0 Å². The Hall–Kier alpha value is -2.82. The first-order valence-electron chi connectivity index (χ1n) is 11.8. The molecular formula is C23H36N8O4. The summed E-state index contributed by atoms with van der Waals surface area (Å²) in [7, 11) is 4.16. The molecule has 2 aromatic rings. The lowest BCUT2D eigenvalue weighted by atomic mass is 9.94. The molecule has 35 heavy (non-hydrogen) atoms. The van der Waals surface area contributed by atoms with Crippen LogP contribution in [-0.2, 0) is 16.3 Å². The maximum absolute atomic E-state index is 12.2. The Labute approximate surface area is 205 Å². The molecule has 5 N–H and O–H groups in total. The van der Waals surface area contributed by atoms with Crippen molar-refractivity contribution in [2.45, 2.75) is 45.1 Å². The fourth-order valence-electron chi connectivity index (χ4n) is 4.02. The lowest BCUT2D eigenvalue weighted by Gasteiger charge is -2.32. The molecule has 0 radical (unpaired) electrons. The lowest BCUT2D eigenvalue weighted by molar-refractivity contribution is -0.147. The van der Waals surface area contributed by atoms with Crippen LogP contribution in [0.25, 0.3) is 11.2 Å². The van der Waals surface area contributed by atoms with E-state index in [1.807, 2.05) is 0 Å². The molecule has 0 spiro atoms. The summed E-state index contributed by atoms with van der Waals surface area (Å²) in [5.74, 6) is 6.73. The van der Waals surface area contributed by atoms with Crippen LogP contribution < -0.4 is 11.1 Å². The van der Waals surface area contributed by atoms with E-state index >= 15 is 0 Å². The van der Waals surface area contributed by atoms with Crippen molar-refractivity contribution in [1.82, 2.24) is 34.6 Å². The number of nitrogens with zero attached hydrogens (tertiary/aromatic N) is 6. The fraction of sp³-hybridized carbons (Fsp3) is 0.652. The summed E-state index contributed by atoms with van der Waals surface area (Å²) in [5.41, 5.74) is 6.87. The van der Waals surface area contributed by atoms with Crippen LogP contribution in [0.15, 0.2) is 6.33 Å². The summed E-state index contributed by atoms with van der Waals surface area (Å²) >= 11 is 0. The van der Waals surface area contributed by atoms with Crippen molar-refractivity contribution in [3.63, 3.8) is 0 Å². The molecule has 12 nitrogen and oxygen atoms in total. The number of amides is 1. The molecule has 1 saturated heterocycles.